The predicted molar refractivity (Wildman–Crippen MR) is 79.4 cm³/mol. The van der Waals surface area contributed by atoms with Gasteiger partial charge in [-0.05, 0) is 36.8 Å². The van der Waals surface area contributed by atoms with Gasteiger partial charge in [0.15, 0.2) is 0 Å². The fourth-order valence-electron chi connectivity index (χ4n) is 2.05. The largest absolute Gasteiger partial charge is 0.497 e. The van der Waals surface area contributed by atoms with Crippen LogP contribution >= 0.6 is 0 Å². The maximum Gasteiger partial charge on any atom is 0.129 e. The Kier molecular flexibility index (Phi) is 4.91. The molecule has 4 heteroatoms. The van der Waals surface area contributed by atoms with Gasteiger partial charge in [-0.2, -0.15) is 5.26 Å². The first-order valence-electron chi connectivity index (χ1n) is 6.70. The van der Waals surface area contributed by atoms with Gasteiger partial charge in [0.25, 0.3) is 0 Å². The molecule has 1 atom stereocenters. The number of halogens is 1. The summed E-state index contributed by atoms with van der Waals surface area (Å²) in [5.74, 6) is 0.435. The molecular weight excluding hydrogens is 267 g/mol. The van der Waals surface area contributed by atoms with Gasteiger partial charge in [-0.15, -0.1) is 0 Å². The van der Waals surface area contributed by atoms with Crippen LogP contribution in [0.3, 0.4) is 0 Å². The van der Waals surface area contributed by atoms with E-state index in [2.05, 4.69) is 5.32 Å². The van der Waals surface area contributed by atoms with E-state index in [9.17, 15) is 4.39 Å². The highest BCUT2D eigenvalue weighted by Crippen LogP contribution is 2.19. The second-order valence-electron chi connectivity index (χ2n) is 4.80. The summed E-state index contributed by atoms with van der Waals surface area (Å²) in [6.07, 6.45) is 0. The summed E-state index contributed by atoms with van der Waals surface area (Å²) in [6.45, 7) is 2.41. The number of nitrogens with zero attached hydrogens (tertiary/aromatic N) is 1. The molecule has 0 fully saturated rings. The average Bonchev–Trinajstić information content (AvgIpc) is 2.53. The SMILES string of the molecule is COc1cccc([C@@H](C)NCc2ccc(C#N)cc2F)c1. The van der Waals surface area contributed by atoms with Crippen LogP contribution in [-0.4, -0.2) is 7.11 Å². The number of methoxy groups -OCH3 is 1. The Morgan fingerprint density at radius 2 is 2.10 bits per heavy atom. The molecule has 0 saturated carbocycles. The Hall–Kier alpha value is -2.38. The lowest BCUT2D eigenvalue weighted by Gasteiger charge is -2.15. The van der Waals surface area contributed by atoms with Gasteiger partial charge in [0.1, 0.15) is 11.6 Å². The van der Waals surface area contributed by atoms with Crippen molar-refractivity contribution in [3.05, 3.63) is 65.0 Å². The van der Waals surface area contributed by atoms with Crippen molar-refractivity contribution in [2.24, 2.45) is 0 Å². The highest BCUT2D eigenvalue weighted by atomic mass is 19.1. The van der Waals surface area contributed by atoms with Crippen LogP contribution in [0.2, 0.25) is 0 Å². The lowest BCUT2D eigenvalue weighted by molar-refractivity contribution is 0.413. The normalized spacial score (nSPS) is 11.7. The van der Waals surface area contributed by atoms with E-state index in [-0.39, 0.29) is 11.9 Å². The van der Waals surface area contributed by atoms with Crippen LogP contribution in [0.25, 0.3) is 0 Å². The summed E-state index contributed by atoms with van der Waals surface area (Å²) >= 11 is 0. The topological polar surface area (TPSA) is 45.0 Å². The molecule has 0 aliphatic heterocycles. The van der Waals surface area contributed by atoms with Gasteiger partial charge in [0.05, 0.1) is 18.7 Å². The first kappa shape index (κ1) is 15.0. The third-order valence-corrected chi connectivity index (χ3v) is 3.37. The lowest BCUT2D eigenvalue weighted by Crippen LogP contribution is -2.18. The molecule has 2 rings (SSSR count). The van der Waals surface area contributed by atoms with E-state index in [1.165, 1.54) is 6.07 Å². The monoisotopic (exact) mass is 284 g/mol. The lowest BCUT2D eigenvalue weighted by atomic mass is 10.1. The summed E-state index contributed by atoms with van der Waals surface area (Å²) in [5, 5.41) is 12.0. The number of benzene rings is 2. The van der Waals surface area contributed by atoms with Crippen molar-refractivity contribution in [2.75, 3.05) is 7.11 Å². The van der Waals surface area contributed by atoms with Gasteiger partial charge in [-0.3, -0.25) is 0 Å². The van der Waals surface area contributed by atoms with Crippen LogP contribution in [0.15, 0.2) is 42.5 Å². The van der Waals surface area contributed by atoms with Gasteiger partial charge in [-0.1, -0.05) is 18.2 Å². The highest BCUT2D eigenvalue weighted by Gasteiger charge is 2.08. The van der Waals surface area contributed by atoms with Crippen molar-refractivity contribution < 1.29 is 9.13 Å². The molecule has 0 aromatic heterocycles. The number of nitriles is 1. The molecule has 0 heterocycles. The summed E-state index contributed by atoms with van der Waals surface area (Å²) in [6, 6.07) is 14.3. The zero-order valence-electron chi connectivity index (χ0n) is 12.1. The molecule has 2 aromatic carbocycles. The molecule has 0 bridgehead atoms. The van der Waals surface area contributed by atoms with E-state index >= 15 is 0 Å². The second kappa shape index (κ2) is 6.87. The van der Waals surface area contributed by atoms with Gasteiger partial charge in [0.2, 0.25) is 0 Å². The zero-order chi connectivity index (χ0) is 15.2. The molecule has 3 nitrogen and oxygen atoms in total. The van der Waals surface area contributed by atoms with Crippen LogP contribution < -0.4 is 10.1 Å². The Labute approximate surface area is 124 Å². The standard InChI is InChI=1S/C17H17FN2O/c1-12(14-4-3-5-16(9-14)21-2)20-11-15-7-6-13(10-19)8-17(15)18/h3-9,12,20H,11H2,1-2H3/t12-/m1/s1. The first-order valence-corrected chi connectivity index (χ1v) is 6.70. The number of nitrogens with one attached hydrogen (secondary N) is 1. The van der Waals surface area contributed by atoms with E-state index < -0.39 is 0 Å². The fourth-order valence-corrected chi connectivity index (χ4v) is 2.05. The number of hydrogen-bond donors (Lipinski definition) is 1. The molecule has 108 valence electrons. The molecule has 0 radical (unpaired) electrons. The van der Waals surface area contributed by atoms with Gasteiger partial charge < -0.3 is 10.1 Å². The Morgan fingerprint density at radius 3 is 2.76 bits per heavy atom. The predicted octanol–water partition coefficient (Wildman–Crippen LogP) is 3.56. The minimum atomic E-state index is -0.362. The summed E-state index contributed by atoms with van der Waals surface area (Å²) < 4.78 is 19.0. The molecule has 0 saturated heterocycles. The molecule has 2 aromatic rings. The van der Waals surface area contributed by atoms with Gasteiger partial charge in [0, 0.05) is 18.2 Å². The third kappa shape index (κ3) is 3.80. The third-order valence-electron chi connectivity index (χ3n) is 3.37. The van der Waals surface area contributed by atoms with Crippen molar-refractivity contribution in [2.45, 2.75) is 19.5 Å². The quantitative estimate of drug-likeness (QED) is 0.913. The number of ether oxygens (including phenoxy) is 1. The van der Waals surface area contributed by atoms with E-state index in [0.717, 1.165) is 11.3 Å². The Balaban J connectivity index is 2.04. The van der Waals surface area contributed by atoms with Crippen molar-refractivity contribution in [1.29, 1.82) is 5.26 Å². The highest BCUT2D eigenvalue weighted by molar-refractivity contribution is 5.33. The minimum absolute atomic E-state index is 0.0649. The molecular formula is C17H17FN2O. The summed E-state index contributed by atoms with van der Waals surface area (Å²) in [5.41, 5.74) is 1.95. The molecule has 0 aliphatic carbocycles. The first-order chi connectivity index (χ1) is 10.1. The van der Waals surface area contributed by atoms with Crippen molar-refractivity contribution >= 4 is 0 Å². The Morgan fingerprint density at radius 1 is 1.29 bits per heavy atom. The van der Waals surface area contributed by atoms with Gasteiger partial charge in [-0.25, -0.2) is 4.39 Å². The van der Waals surface area contributed by atoms with Crippen LogP contribution in [0.5, 0.6) is 5.75 Å². The van der Waals surface area contributed by atoms with Gasteiger partial charge >= 0.3 is 0 Å². The summed E-state index contributed by atoms with van der Waals surface area (Å²) in [7, 11) is 1.63. The smallest absolute Gasteiger partial charge is 0.129 e. The van der Waals surface area contributed by atoms with E-state index in [1.807, 2.05) is 37.3 Å². The fraction of sp³-hybridized carbons (Fsp3) is 0.235. The number of hydrogen-bond acceptors (Lipinski definition) is 3. The van der Waals surface area contributed by atoms with Crippen molar-refractivity contribution in [3.8, 4) is 11.8 Å². The molecule has 0 spiro atoms. The zero-order valence-corrected chi connectivity index (χ0v) is 12.1. The van der Waals surface area contributed by atoms with Crippen molar-refractivity contribution in [1.82, 2.24) is 5.32 Å². The number of rotatable bonds is 5. The maximum atomic E-state index is 13.8. The van der Waals surface area contributed by atoms with E-state index in [4.69, 9.17) is 10.00 Å². The maximum absolute atomic E-state index is 13.8. The molecule has 0 amide bonds. The average molecular weight is 284 g/mol. The van der Waals surface area contributed by atoms with Crippen LogP contribution in [0, 0.1) is 17.1 Å². The van der Waals surface area contributed by atoms with E-state index in [0.29, 0.717) is 17.7 Å². The Bertz CT molecular complexity index is 664. The van der Waals surface area contributed by atoms with E-state index in [1.54, 1.807) is 19.2 Å². The van der Waals surface area contributed by atoms with Crippen molar-refractivity contribution in [3.63, 3.8) is 0 Å². The molecule has 0 unspecified atom stereocenters. The van der Waals surface area contributed by atoms with Crippen LogP contribution in [-0.2, 0) is 6.54 Å². The molecule has 0 aliphatic rings. The molecule has 21 heavy (non-hydrogen) atoms. The molecule has 1 N–H and O–H groups in total. The summed E-state index contributed by atoms with van der Waals surface area (Å²) in [4.78, 5) is 0. The second-order valence-corrected chi connectivity index (χ2v) is 4.80. The van der Waals surface area contributed by atoms with Crippen LogP contribution in [0.4, 0.5) is 4.39 Å². The minimum Gasteiger partial charge on any atom is -0.497 e. The van der Waals surface area contributed by atoms with Crippen LogP contribution in [0.1, 0.15) is 29.7 Å².